The SMILES string of the molecule is NC(N)=NCCC[C@H]1C(=O)N(C(c2ccccc2)c2ccccc2)CC[C@H]2CN(Cc3ccc(-c4ccccc4)cc3)C(=O)N21. The van der Waals surface area contributed by atoms with Gasteiger partial charge in [0.2, 0.25) is 5.91 Å². The minimum absolute atomic E-state index is 0.0247. The number of carbonyl (C=O) groups excluding carboxylic acids is 2. The number of hydrogen-bond acceptors (Lipinski definition) is 3. The maximum atomic E-state index is 14.6. The molecular formula is C37H40N6O2. The molecule has 45 heavy (non-hydrogen) atoms. The molecule has 0 radical (unpaired) electrons. The fourth-order valence-electron chi connectivity index (χ4n) is 6.69. The van der Waals surface area contributed by atoms with Gasteiger partial charge in [0.15, 0.2) is 5.96 Å². The summed E-state index contributed by atoms with van der Waals surface area (Å²) in [7, 11) is 0. The first-order valence-electron chi connectivity index (χ1n) is 15.7. The van der Waals surface area contributed by atoms with E-state index in [1.807, 2.05) is 69.3 Å². The van der Waals surface area contributed by atoms with Crippen LogP contribution >= 0.6 is 0 Å². The number of carbonyl (C=O) groups is 2. The Morgan fingerprint density at radius 2 is 1.36 bits per heavy atom. The van der Waals surface area contributed by atoms with Gasteiger partial charge in [-0.1, -0.05) is 115 Å². The van der Waals surface area contributed by atoms with Crippen LogP contribution in [-0.4, -0.2) is 64.3 Å². The van der Waals surface area contributed by atoms with E-state index in [1.54, 1.807) is 0 Å². The molecule has 4 aromatic rings. The second kappa shape index (κ2) is 13.7. The van der Waals surface area contributed by atoms with Gasteiger partial charge in [0.1, 0.15) is 6.04 Å². The number of guanidine groups is 1. The fourth-order valence-corrected chi connectivity index (χ4v) is 6.69. The highest BCUT2D eigenvalue weighted by atomic mass is 16.2. The molecule has 0 aromatic heterocycles. The van der Waals surface area contributed by atoms with E-state index in [1.165, 1.54) is 0 Å². The van der Waals surface area contributed by atoms with E-state index in [0.717, 1.165) is 27.8 Å². The van der Waals surface area contributed by atoms with Gasteiger partial charge in [-0.25, -0.2) is 4.79 Å². The summed E-state index contributed by atoms with van der Waals surface area (Å²) >= 11 is 0. The van der Waals surface area contributed by atoms with Crippen LogP contribution in [0.4, 0.5) is 4.79 Å². The number of aliphatic imine (C=N–C) groups is 1. The zero-order valence-corrected chi connectivity index (χ0v) is 25.4. The van der Waals surface area contributed by atoms with E-state index in [0.29, 0.717) is 45.4 Å². The Labute approximate surface area is 265 Å². The van der Waals surface area contributed by atoms with E-state index < -0.39 is 6.04 Å². The van der Waals surface area contributed by atoms with Crippen molar-refractivity contribution in [3.8, 4) is 11.1 Å². The van der Waals surface area contributed by atoms with Crippen molar-refractivity contribution < 1.29 is 9.59 Å². The minimum atomic E-state index is -0.611. The third-order valence-electron chi connectivity index (χ3n) is 8.83. The molecule has 0 bridgehead atoms. The number of nitrogens with zero attached hydrogens (tertiary/aromatic N) is 4. The molecule has 2 fully saturated rings. The quantitative estimate of drug-likeness (QED) is 0.144. The van der Waals surface area contributed by atoms with Gasteiger partial charge in [0.05, 0.1) is 12.1 Å². The highest BCUT2D eigenvalue weighted by molar-refractivity contribution is 5.89. The van der Waals surface area contributed by atoms with Crippen LogP contribution in [0.25, 0.3) is 11.1 Å². The summed E-state index contributed by atoms with van der Waals surface area (Å²) < 4.78 is 0. The average molecular weight is 601 g/mol. The third-order valence-corrected chi connectivity index (χ3v) is 8.83. The van der Waals surface area contributed by atoms with Crippen molar-refractivity contribution in [1.29, 1.82) is 0 Å². The molecule has 8 nitrogen and oxygen atoms in total. The molecule has 2 saturated heterocycles. The first kappa shape index (κ1) is 29.9. The molecule has 2 heterocycles. The van der Waals surface area contributed by atoms with Crippen LogP contribution in [0, 0.1) is 0 Å². The largest absolute Gasteiger partial charge is 0.370 e. The molecule has 4 aromatic carbocycles. The van der Waals surface area contributed by atoms with Crippen molar-refractivity contribution in [3.05, 3.63) is 132 Å². The molecule has 4 N–H and O–H groups in total. The second-order valence-electron chi connectivity index (χ2n) is 11.8. The number of nitrogens with two attached hydrogens (primary N) is 2. The second-order valence-corrected chi connectivity index (χ2v) is 11.8. The lowest BCUT2D eigenvalue weighted by molar-refractivity contribution is -0.136. The van der Waals surface area contributed by atoms with E-state index in [9.17, 15) is 9.59 Å². The Morgan fingerprint density at radius 1 is 0.778 bits per heavy atom. The summed E-state index contributed by atoms with van der Waals surface area (Å²) in [6.45, 7) is 2.02. The van der Waals surface area contributed by atoms with Crippen molar-refractivity contribution in [1.82, 2.24) is 14.7 Å². The van der Waals surface area contributed by atoms with Gasteiger partial charge in [-0.05, 0) is 47.1 Å². The van der Waals surface area contributed by atoms with Crippen LogP contribution in [0.15, 0.2) is 120 Å². The van der Waals surface area contributed by atoms with Crippen molar-refractivity contribution in [3.63, 3.8) is 0 Å². The zero-order valence-electron chi connectivity index (χ0n) is 25.4. The van der Waals surface area contributed by atoms with Crippen LogP contribution in [0.2, 0.25) is 0 Å². The number of urea groups is 1. The standard InChI is InChI=1S/C37H40N6O2/c38-36(39)40-23-10-17-33-35(44)42(34(30-13-6-2-7-14-30)31-15-8-3-9-16-31)24-22-32-26-41(37(45)43(32)33)25-27-18-20-29(21-19-27)28-11-4-1-5-12-28/h1-9,11-16,18-21,32-34H,10,17,22-26H2,(H4,38,39,40)/t32-,33-/m0/s1. The lowest BCUT2D eigenvalue weighted by Crippen LogP contribution is -2.50. The van der Waals surface area contributed by atoms with Gasteiger partial charge in [0, 0.05) is 26.2 Å². The van der Waals surface area contributed by atoms with Gasteiger partial charge in [-0.3, -0.25) is 9.79 Å². The molecule has 230 valence electrons. The first-order valence-corrected chi connectivity index (χ1v) is 15.7. The Kier molecular flexibility index (Phi) is 9.10. The molecule has 2 atom stereocenters. The fraction of sp³-hybridized carbons (Fsp3) is 0.270. The molecule has 0 saturated carbocycles. The van der Waals surface area contributed by atoms with Crippen LogP contribution in [0.1, 0.15) is 42.0 Å². The van der Waals surface area contributed by atoms with Crippen LogP contribution in [-0.2, 0) is 11.3 Å². The number of rotatable bonds is 10. The zero-order chi connectivity index (χ0) is 31.2. The van der Waals surface area contributed by atoms with Gasteiger partial charge >= 0.3 is 6.03 Å². The number of hydrogen-bond donors (Lipinski definition) is 2. The van der Waals surface area contributed by atoms with E-state index in [2.05, 4.69) is 65.7 Å². The predicted molar refractivity (Wildman–Crippen MR) is 178 cm³/mol. The normalized spacial score (nSPS) is 18.2. The van der Waals surface area contributed by atoms with Gasteiger partial charge in [0.25, 0.3) is 0 Å². The van der Waals surface area contributed by atoms with E-state index in [4.69, 9.17) is 11.5 Å². The lowest BCUT2D eigenvalue weighted by Gasteiger charge is -2.35. The Morgan fingerprint density at radius 3 is 1.96 bits per heavy atom. The molecule has 0 spiro atoms. The lowest BCUT2D eigenvalue weighted by atomic mass is 9.96. The Hall–Kier alpha value is -5.11. The summed E-state index contributed by atoms with van der Waals surface area (Å²) in [5.41, 5.74) is 16.6. The number of benzene rings is 4. The monoisotopic (exact) mass is 600 g/mol. The first-order chi connectivity index (χ1) is 22.0. The van der Waals surface area contributed by atoms with Gasteiger partial charge < -0.3 is 26.2 Å². The summed E-state index contributed by atoms with van der Waals surface area (Å²) in [4.78, 5) is 38.6. The maximum Gasteiger partial charge on any atom is 0.321 e. The summed E-state index contributed by atoms with van der Waals surface area (Å²) in [6, 6.07) is 37.9. The average Bonchev–Trinajstić information content (AvgIpc) is 3.30. The topological polar surface area (TPSA) is 108 Å². The summed E-state index contributed by atoms with van der Waals surface area (Å²) in [5, 5.41) is 0. The Balaban J connectivity index is 1.26. The maximum absolute atomic E-state index is 14.6. The van der Waals surface area contributed by atoms with Crippen molar-refractivity contribution in [2.24, 2.45) is 16.5 Å². The van der Waals surface area contributed by atoms with Crippen LogP contribution in [0.5, 0.6) is 0 Å². The highest BCUT2D eigenvalue weighted by Gasteiger charge is 2.48. The summed E-state index contributed by atoms with van der Waals surface area (Å²) in [5.74, 6) is -0.0149. The number of fused-ring (bicyclic) bond motifs is 1. The minimum Gasteiger partial charge on any atom is -0.370 e. The molecule has 2 aliphatic rings. The molecule has 0 aliphatic carbocycles. The van der Waals surface area contributed by atoms with Crippen LogP contribution in [0.3, 0.4) is 0 Å². The van der Waals surface area contributed by atoms with Gasteiger partial charge in [-0.2, -0.15) is 0 Å². The molecule has 0 unspecified atom stereocenters. The third kappa shape index (κ3) is 6.70. The molecule has 6 rings (SSSR count). The smallest absolute Gasteiger partial charge is 0.321 e. The molecule has 8 heteroatoms. The van der Waals surface area contributed by atoms with Crippen molar-refractivity contribution >= 4 is 17.9 Å². The Bertz CT molecular complexity index is 1570. The van der Waals surface area contributed by atoms with Crippen molar-refractivity contribution in [2.45, 2.75) is 43.9 Å². The van der Waals surface area contributed by atoms with Crippen molar-refractivity contribution in [2.75, 3.05) is 19.6 Å². The summed E-state index contributed by atoms with van der Waals surface area (Å²) in [6.07, 6.45) is 1.76. The van der Waals surface area contributed by atoms with Crippen LogP contribution < -0.4 is 11.5 Å². The molecule has 2 aliphatic heterocycles. The van der Waals surface area contributed by atoms with Gasteiger partial charge in [-0.15, -0.1) is 0 Å². The highest BCUT2D eigenvalue weighted by Crippen LogP contribution is 2.36. The molecular weight excluding hydrogens is 560 g/mol. The van der Waals surface area contributed by atoms with E-state index >= 15 is 0 Å². The number of amides is 3. The van der Waals surface area contributed by atoms with E-state index in [-0.39, 0.29) is 30.0 Å². The molecule has 3 amide bonds. The predicted octanol–water partition coefficient (Wildman–Crippen LogP) is 5.40.